The lowest BCUT2D eigenvalue weighted by molar-refractivity contribution is 1.53. The molecule has 0 bridgehead atoms. The Morgan fingerprint density at radius 1 is 1.25 bits per heavy atom. The molecule has 0 fully saturated rings. The zero-order chi connectivity index (χ0) is 8.72. The van der Waals surface area contributed by atoms with Gasteiger partial charge in [0.1, 0.15) is 0 Å². The second-order valence-electron chi connectivity index (χ2n) is 2.96. The quantitative estimate of drug-likeness (QED) is 0.640. The fourth-order valence-electron chi connectivity index (χ4n) is 1.35. The molecule has 2 aromatic rings. The number of hydrogen-bond donors (Lipinski definition) is 0. The Morgan fingerprint density at radius 3 is 2.67 bits per heavy atom. The summed E-state index contributed by atoms with van der Waals surface area (Å²) in [4.78, 5) is 1.40. The van der Waals surface area contributed by atoms with E-state index >= 15 is 0 Å². The van der Waals surface area contributed by atoms with Crippen LogP contribution in [-0.4, -0.2) is 0 Å². The van der Waals surface area contributed by atoms with Gasteiger partial charge in [-0.25, -0.2) is 0 Å². The number of aryl methyl sites for hydroxylation is 2. The Morgan fingerprint density at radius 2 is 2.00 bits per heavy atom. The van der Waals surface area contributed by atoms with E-state index < -0.39 is 0 Å². The van der Waals surface area contributed by atoms with Crippen molar-refractivity contribution in [3.8, 4) is 0 Å². The first kappa shape index (κ1) is 8.51. The number of benzene rings is 1. The second-order valence-corrected chi connectivity index (χ2v) is 5.38. The first-order valence-electron chi connectivity index (χ1n) is 3.84. The normalized spacial score (nSPS) is 10.9. The monoisotopic (exact) mass is 288 g/mol. The van der Waals surface area contributed by atoms with E-state index in [1.807, 2.05) is 11.3 Å². The third kappa shape index (κ3) is 1.27. The molecule has 1 aromatic carbocycles. The highest BCUT2D eigenvalue weighted by molar-refractivity contribution is 14.1. The van der Waals surface area contributed by atoms with Crippen LogP contribution in [-0.2, 0) is 0 Å². The molecule has 1 aromatic heterocycles. The lowest BCUT2D eigenvalue weighted by Crippen LogP contribution is -1.75. The number of halogens is 1. The van der Waals surface area contributed by atoms with E-state index in [0.29, 0.717) is 0 Å². The summed E-state index contributed by atoms with van der Waals surface area (Å²) in [5.74, 6) is 0. The second kappa shape index (κ2) is 3.00. The van der Waals surface area contributed by atoms with Gasteiger partial charge in [0.2, 0.25) is 0 Å². The Hall–Kier alpha value is -0.0900. The molecule has 0 saturated carbocycles. The smallest absolute Gasteiger partial charge is 0.0481 e. The van der Waals surface area contributed by atoms with Gasteiger partial charge in [-0.15, -0.1) is 11.3 Å². The van der Waals surface area contributed by atoms with E-state index in [2.05, 4.69) is 54.6 Å². The molecule has 0 nitrogen and oxygen atoms in total. The summed E-state index contributed by atoms with van der Waals surface area (Å²) in [7, 11) is 0. The Balaban J connectivity index is 2.93. The molecule has 62 valence electrons. The van der Waals surface area contributed by atoms with Gasteiger partial charge in [-0.05, 0) is 59.5 Å². The predicted molar refractivity (Wildman–Crippen MR) is 64.0 cm³/mol. The van der Waals surface area contributed by atoms with Crippen molar-refractivity contribution in [2.45, 2.75) is 13.8 Å². The van der Waals surface area contributed by atoms with Crippen molar-refractivity contribution in [1.29, 1.82) is 0 Å². The Labute approximate surface area is 89.7 Å². The van der Waals surface area contributed by atoms with Gasteiger partial charge < -0.3 is 0 Å². The molecule has 0 radical (unpaired) electrons. The van der Waals surface area contributed by atoms with Gasteiger partial charge in [-0.2, -0.15) is 0 Å². The van der Waals surface area contributed by atoms with Crippen molar-refractivity contribution in [2.75, 3.05) is 0 Å². The Bertz CT molecular complexity index is 390. The third-order valence-electron chi connectivity index (χ3n) is 1.98. The third-order valence-corrected chi connectivity index (χ3v) is 4.33. The van der Waals surface area contributed by atoms with Crippen LogP contribution in [0.25, 0.3) is 10.1 Å². The van der Waals surface area contributed by atoms with Gasteiger partial charge in [0.15, 0.2) is 0 Å². The zero-order valence-corrected chi connectivity index (χ0v) is 9.99. The fourth-order valence-corrected chi connectivity index (χ4v) is 3.14. The van der Waals surface area contributed by atoms with E-state index in [1.165, 1.54) is 24.1 Å². The first-order valence-corrected chi connectivity index (χ1v) is 5.73. The summed E-state index contributed by atoms with van der Waals surface area (Å²) in [6.45, 7) is 4.34. The van der Waals surface area contributed by atoms with Gasteiger partial charge in [0.05, 0.1) is 0 Å². The number of thiophene rings is 1. The molecule has 0 aliphatic carbocycles. The standard InChI is InChI=1S/C10H9IS/c1-6-3-4-9(11)10-8(6)5-7(2)12-10/h3-5H,1-2H3. The van der Waals surface area contributed by atoms with Crippen molar-refractivity contribution in [3.63, 3.8) is 0 Å². The topological polar surface area (TPSA) is 0 Å². The molecule has 0 saturated heterocycles. The van der Waals surface area contributed by atoms with Crippen LogP contribution in [0.2, 0.25) is 0 Å². The molecule has 0 amide bonds. The molecule has 2 rings (SSSR count). The molecule has 0 aliphatic heterocycles. The summed E-state index contributed by atoms with van der Waals surface area (Å²) in [6, 6.07) is 6.65. The van der Waals surface area contributed by atoms with E-state index in [9.17, 15) is 0 Å². The van der Waals surface area contributed by atoms with Crippen LogP contribution in [0.15, 0.2) is 18.2 Å². The van der Waals surface area contributed by atoms with Crippen molar-refractivity contribution in [1.82, 2.24) is 0 Å². The van der Waals surface area contributed by atoms with Gasteiger partial charge in [-0.3, -0.25) is 0 Å². The molecule has 12 heavy (non-hydrogen) atoms. The molecular weight excluding hydrogens is 279 g/mol. The van der Waals surface area contributed by atoms with Gasteiger partial charge in [0, 0.05) is 13.1 Å². The van der Waals surface area contributed by atoms with Crippen LogP contribution >= 0.6 is 33.9 Å². The van der Waals surface area contributed by atoms with Gasteiger partial charge in [-0.1, -0.05) is 6.07 Å². The molecule has 2 heteroatoms. The largest absolute Gasteiger partial charge is 0.139 e. The van der Waals surface area contributed by atoms with Crippen molar-refractivity contribution in [2.24, 2.45) is 0 Å². The maximum Gasteiger partial charge on any atom is 0.0481 e. The van der Waals surface area contributed by atoms with Gasteiger partial charge in [0.25, 0.3) is 0 Å². The van der Waals surface area contributed by atoms with Gasteiger partial charge >= 0.3 is 0 Å². The van der Waals surface area contributed by atoms with Crippen LogP contribution in [0.5, 0.6) is 0 Å². The Kier molecular flexibility index (Phi) is 2.12. The maximum absolute atomic E-state index is 2.40. The minimum Gasteiger partial charge on any atom is -0.139 e. The summed E-state index contributed by atoms with van der Waals surface area (Å²) < 4.78 is 2.80. The number of fused-ring (bicyclic) bond motifs is 1. The predicted octanol–water partition coefficient (Wildman–Crippen LogP) is 4.12. The highest BCUT2D eigenvalue weighted by Gasteiger charge is 2.03. The van der Waals surface area contributed by atoms with Crippen LogP contribution in [0.3, 0.4) is 0 Å². The van der Waals surface area contributed by atoms with E-state index in [4.69, 9.17) is 0 Å². The number of hydrogen-bond acceptors (Lipinski definition) is 1. The molecule has 1 heterocycles. The molecule has 0 unspecified atom stereocenters. The molecule has 0 spiro atoms. The van der Waals surface area contributed by atoms with Crippen LogP contribution < -0.4 is 0 Å². The fraction of sp³-hybridized carbons (Fsp3) is 0.200. The minimum atomic E-state index is 1.37. The maximum atomic E-state index is 2.40. The average molecular weight is 288 g/mol. The van der Waals surface area contributed by atoms with Crippen LogP contribution in [0.4, 0.5) is 0 Å². The molecular formula is C10H9IS. The minimum absolute atomic E-state index is 1.37. The highest BCUT2D eigenvalue weighted by atomic mass is 127. The summed E-state index contributed by atoms with van der Waals surface area (Å²) in [5, 5.41) is 1.42. The van der Waals surface area contributed by atoms with Crippen LogP contribution in [0.1, 0.15) is 10.4 Å². The van der Waals surface area contributed by atoms with Crippen molar-refractivity contribution in [3.05, 3.63) is 32.2 Å². The first-order chi connectivity index (χ1) is 5.68. The van der Waals surface area contributed by atoms with E-state index in [-0.39, 0.29) is 0 Å². The van der Waals surface area contributed by atoms with Crippen molar-refractivity contribution >= 4 is 44.0 Å². The molecule has 0 aliphatic rings. The zero-order valence-electron chi connectivity index (χ0n) is 7.02. The highest BCUT2D eigenvalue weighted by Crippen LogP contribution is 2.31. The van der Waals surface area contributed by atoms with E-state index in [0.717, 1.165) is 0 Å². The van der Waals surface area contributed by atoms with E-state index in [1.54, 1.807) is 0 Å². The van der Waals surface area contributed by atoms with Crippen molar-refractivity contribution < 1.29 is 0 Å². The average Bonchev–Trinajstić information content (AvgIpc) is 2.41. The molecule has 0 N–H and O–H groups in total. The summed E-state index contributed by atoms with van der Waals surface area (Å²) in [6.07, 6.45) is 0. The lowest BCUT2D eigenvalue weighted by Gasteiger charge is -1.96. The SMILES string of the molecule is Cc1cc2c(C)ccc(I)c2s1. The lowest BCUT2D eigenvalue weighted by atomic mass is 10.1. The summed E-state index contributed by atoms with van der Waals surface area (Å²) in [5.41, 5.74) is 1.38. The molecule has 0 atom stereocenters. The van der Waals surface area contributed by atoms with Crippen LogP contribution in [0, 0.1) is 17.4 Å². The number of rotatable bonds is 0. The summed E-state index contributed by atoms with van der Waals surface area (Å²) >= 11 is 4.28.